The summed E-state index contributed by atoms with van der Waals surface area (Å²) in [6, 6.07) is 18.6. The number of hydrogen-bond donors (Lipinski definition) is 1. The van der Waals surface area contributed by atoms with Gasteiger partial charge in [-0.2, -0.15) is 4.72 Å². The Morgan fingerprint density at radius 2 is 1.67 bits per heavy atom. The summed E-state index contributed by atoms with van der Waals surface area (Å²) in [6.45, 7) is 5.56. The molecule has 0 aromatic heterocycles. The number of hydrogen-bond acceptors (Lipinski definition) is 4. The Bertz CT molecular complexity index is 1160. The zero-order valence-corrected chi connectivity index (χ0v) is 17.0. The quantitative estimate of drug-likeness (QED) is 0.348. The van der Waals surface area contributed by atoms with E-state index in [0.29, 0.717) is 0 Å². The molecule has 3 aromatic carbocycles. The van der Waals surface area contributed by atoms with Gasteiger partial charge < -0.3 is 4.74 Å². The normalized spacial score (nSPS) is 12.2. The van der Waals surface area contributed by atoms with Crippen molar-refractivity contribution in [2.75, 3.05) is 0 Å². The highest BCUT2D eigenvalue weighted by atomic mass is 32.2. The molecule has 0 amide bonds. The SMILES string of the molecule is C=C(C(=O)Oc1ccccc1)[C@@H](NS(=O)(=O)c1ccc(C)cc1)c1cccc(F)c1. The Hall–Kier alpha value is -3.29. The minimum atomic E-state index is -4.03. The van der Waals surface area contributed by atoms with E-state index >= 15 is 0 Å². The van der Waals surface area contributed by atoms with Crippen molar-refractivity contribution in [2.45, 2.75) is 17.9 Å². The summed E-state index contributed by atoms with van der Waals surface area (Å²) in [5, 5.41) is 0. The zero-order chi connectivity index (χ0) is 21.7. The molecule has 0 radical (unpaired) electrons. The number of nitrogens with one attached hydrogen (secondary N) is 1. The summed E-state index contributed by atoms with van der Waals surface area (Å²) in [4.78, 5) is 12.6. The van der Waals surface area contributed by atoms with E-state index in [0.717, 1.165) is 11.6 Å². The van der Waals surface area contributed by atoms with Crippen LogP contribution in [-0.4, -0.2) is 14.4 Å². The monoisotopic (exact) mass is 425 g/mol. The third-order valence-corrected chi connectivity index (χ3v) is 5.79. The van der Waals surface area contributed by atoms with Crippen molar-refractivity contribution in [1.82, 2.24) is 4.72 Å². The fraction of sp³-hybridized carbons (Fsp3) is 0.0870. The Labute approximate surface area is 174 Å². The summed E-state index contributed by atoms with van der Waals surface area (Å²) < 4.78 is 47.3. The van der Waals surface area contributed by atoms with Crippen molar-refractivity contribution >= 4 is 16.0 Å². The van der Waals surface area contributed by atoms with Crippen molar-refractivity contribution in [3.05, 3.63) is 108 Å². The summed E-state index contributed by atoms with van der Waals surface area (Å²) in [5.41, 5.74) is 0.937. The van der Waals surface area contributed by atoms with Gasteiger partial charge in [-0.3, -0.25) is 0 Å². The van der Waals surface area contributed by atoms with Crippen molar-refractivity contribution in [1.29, 1.82) is 0 Å². The molecule has 7 heteroatoms. The van der Waals surface area contributed by atoms with Crippen LogP contribution in [0.1, 0.15) is 17.2 Å². The predicted octanol–water partition coefficient (Wildman–Crippen LogP) is 4.32. The standard InChI is InChI=1S/C23H20FNO4S/c1-16-11-13-21(14-12-16)30(27,28)25-22(18-7-6-8-19(24)15-18)17(2)23(26)29-20-9-4-3-5-10-20/h3-15,22,25H,2H2,1H3/t22-/m1/s1. The molecule has 3 rings (SSSR count). The number of halogens is 1. The highest BCUT2D eigenvalue weighted by molar-refractivity contribution is 7.89. The molecule has 0 unspecified atom stereocenters. The van der Waals surface area contributed by atoms with Gasteiger partial charge in [0.15, 0.2) is 0 Å². The molecular weight excluding hydrogens is 405 g/mol. The van der Waals surface area contributed by atoms with E-state index in [1.54, 1.807) is 42.5 Å². The van der Waals surface area contributed by atoms with Crippen molar-refractivity contribution in [3.63, 3.8) is 0 Å². The van der Waals surface area contributed by atoms with Crippen molar-refractivity contribution in [2.24, 2.45) is 0 Å². The number of sulfonamides is 1. The van der Waals surface area contributed by atoms with Crippen LogP contribution in [-0.2, 0) is 14.8 Å². The highest BCUT2D eigenvalue weighted by Crippen LogP contribution is 2.26. The Balaban J connectivity index is 1.93. The maximum atomic E-state index is 13.8. The van der Waals surface area contributed by atoms with Crippen LogP contribution in [0, 0.1) is 12.7 Å². The molecule has 0 aliphatic rings. The van der Waals surface area contributed by atoms with Gasteiger partial charge in [0.25, 0.3) is 0 Å². The molecule has 0 saturated carbocycles. The topological polar surface area (TPSA) is 72.5 Å². The third-order valence-electron chi connectivity index (χ3n) is 4.35. The average Bonchev–Trinajstić information content (AvgIpc) is 2.72. The van der Waals surface area contributed by atoms with E-state index in [1.807, 2.05) is 6.92 Å². The molecule has 0 heterocycles. The summed E-state index contributed by atoms with van der Waals surface area (Å²) in [6.07, 6.45) is 0. The van der Waals surface area contributed by atoms with E-state index in [2.05, 4.69) is 11.3 Å². The van der Waals surface area contributed by atoms with E-state index in [1.165, 1.54) is 30.3 Å². The zero-order valence-electron chi connectivity index (χ0n) is 16.2. The second-order valence-electron chi connectivity index (χ2n) is 6.65. The number of ether oxygens (including phenoxy) is 1. The first kappa shape index (κ1) is 21.4. The van der Waals surface area contributed by atoms with Crippen LogP contribution < -0.4 is 9.46 Å². The van der Waals surface area contributed by atoms with Gasteiger partial charge in [0, 0.05) is 0 Å². The smallest absolute Gasteiger partial charge is 0.340 e. The van der Waals surface area contributed by atoms with Crippen LogP contribution in [0.15, 0.2) is 95.9 Å². The number of aryl methyl sites for hydroxylation is 1. The molecule has 30 heavy (non-hydrogen) atoms. The predicted molar refractivity (Wildman–Crippen MR) is 112 cm³/mol. The largest absolute Gasteiger partial charge is 0.423 e. The van der Waals surface area contributed by atoms with E-state index in [9.17, 15) is 17.6 Å². The fourth-order valence-electron chi connectivity index (χ4n) is 2.75. The van der Waals surface area contributed by atoms with Crippen molar-refractivity contribution < 1.29 is 22.3 Å². The molecule has 0 fully saturated rings. The second-order valence-corrected chi connectivity index (χ2v) is 8.36. The number of esters is 1. The highest BCUT2D eigenvalue weighted by Gasteiger charge is 2.28. The number of carbonyl (C=O) groups is 1. The van der Waals surface area contributed by atoms with Crippen LogP contribution in [0.5, 0.6) is 5.75 Å². The number of carbonyl (C=O) groups excluding carboxylic acids is 1. The van der Waals surface area contributed by atoms with Crippen LogP contribution >= 0.6 is 0 Å². The lowest BCUT2D eigenvalue weighted by Gasteiger charge is -2.21. The third kappa shape index (κ3) is 5.20. The lowest BCUT2D eigenvalue weighted by atomic mass is 10.0. The summed E-state index contributed by atoms with van der Waals surface area (Å²) in [5.74, 6) is -1.12. The Morgan fingerprint density at radius 1 is 1.00 bits per heavy atom. The van der Waals surface area contributed by atoms with Crippen LogP contribution in [0.3, 0.4) is 0 Å². The van der Waals surface area contributed by atoms with E-state index in [4.69, 9.17) is 4.74 Å². The first-order chi connectivity index (χ1) is 14.3. The molecule has 0 aliphatic carbocycles. The molecular formula is C23H20FNO4S. The van der Waals surface area contributed by atoms with Crippen LogP contribution in [0.2, 0.25) is 0 Å². The first-order valence-corrected chi connectivity index (χ1v) is 10.5. The molecule has 1 atom stereocenters. The summed E-state index contributed by atoms with van der Waals surface area (Å²) >= 11 is 0. The number of rotatable bonds is 7. The molecule has 0 spiro atoms. The second kappa shape index (κ2) is 9.02. The van der Waals surface area contributed by atoms with Gasteiger partial charge in [-0.1, -0.05) is 54.6 Å². The molecule has 0 aliphatic heterocycles. The van der Waals surface area contributed by atoms with Gasteiger partial charge in [0.05, 0.1) is 16.5 Å². The maximum Gasteiger partial charge on any atom is 0.340 e. The van der Waals surface area contributed by atoms with Gasteiger partial charge in [-0.05, 0) is 48.9 Å². The van der Waals surface area contributed by atoms with E-state index < -0.39 is 27.9 Å². The van der Waals surface area contributed by atoms with Gasteiger partial charge in [-0.15, -0.1) is 0 Å². The van der Waals surface area contributed by atoms with Gasteiger partial charge >= 0.3 is 5.97 Å². The van der Waals surface area contributed by atoms with Gasteiger partial charge in [0.1, 0.15) is 11.6 Å². The molecule has 3 aromatic rings. The lowest BCUT2D eigenvalue weighted by molar-refractivity contribution is -0.130. The molecule has 0 saturated heterocycles. The average molecular weight is 425 g/mol. The Morgan fingerprint density at radius 3 is 2.30 bits per heavy atom. The lowest BCUT2D eigenvalue weighted by Crippen LogP contribution is -2.33. The van der Waals surface area contributed by atoms with Gasteiger partial charge in [0.2, 0.25) is 10.0 Å². The minimum Gasteiger partial charge on any atom is -0.423 e. The van der Waals surface area contributed by atoms with Crippen LogP contribution in [0.25, 0.3) is 0 Å². The van der Waals surface area contributed by atoms with Gasteiger partial charge in [-0.25, -0.2) is 17.6 Å². The fourth-order valence-corrected chi connectivity index (χ4v) is 3.97. The Kier molecular flexibility index (Phi) is 6.44. The molecule has 1 N–H and O–H groups in total. The molecule has 5 nitrogen and oxygen atoms in total. The molecule has 154 valence electrons. The minimum absolute atomic E-state index is 0.0127. The number of benzene rings is 3. The number of para-hydroxylation sites is 1. The van der Waals surface area contributed by atoms with Crippen molar-refractivity contribution in [3.8, 4) is 5.75 Å². The summed E-state index contributed by atoms with van der Waals surface area (Å²) in [7, 11) is -4.03. The maximum absolute atomic E-state index is 13.8. The van der Waals surface area contributed by atoms with Crippen LogP contribution in [0.4, 0.5) is 4.39 Å². The molecule has 0 bridgehead atoms. The van der Waals surface area contributed by atoms with E-state index in [-0.39, 0.29) is 21.8 Å². The first-order valence-electron chi connectivity index (χ1n) is 9.07.